The van der Waals surface area contributed by atoms with Crippen molar-refractivity contribution < 1.29 is 49.2 Å². The third kappa shape index (κ3) is 2.88. The van der Waals surface area contributed by atoms with Crippen molar-refractivity contribution in [2.75, 3.05) is 0 Å². The molecule has 1 aliphatic rings. The van der Waals surface area contributed by atoms with Crippen molar-refractivity contribution in [3.05, 3.63) is 41.0 Å². The Hall–Kier alpha value is 0.382. The van der Waals surface area contributed by atoms with Crippen molar-refractivity contribution in [1.29, 1.82) is 0 Å². The maximum atomic E-state index is 9.91. The summed E-state index contributed by atoms with van der Waals surface area (Å²) in [7, 11) is 3.58. The molecule has 0 aromatic heterocycles. The summed E-state index contributed by atoms with van der Waals surface area (Å²) in [6.07, 6.45) is 0. The number of rotatable bonds is 0. The quantitative estimate of drug-likeness (QED) is 0.508. The maximum Gasteiger partial charge on any atom is 0.119 e. The van der Waals surface area contributed by atoms with Crippen molar-refractivity contribution in [1.82, 2.24) is 0 Å². The summed E-state index contributed by atoms with van der Waals surface area (Å²) in [4.78, 5) is 2.53. The van der Waals surface area contributed by atoms with Crippen LogP contribution in [0.4, 0.5) is 0 Å². The van der Waals surface area contributed by atoms with Crippen molar-refractivity contribution in [2.24, 2.45) is 0 Å². The van der Waals surface area contributed by atoms with Crippen LogP contribution in [0, 0.1) is 64.8 Å². The van der Waals surface area contributed by atoms with Gasteiger partial charge in [0.2, 0.25) is 0 Å². The number of fused-ring (bicyclic) bond motifs is 3. The molecule has 19 heavy (non-hydrogen) atoms. The zero-order valence-corrected chi connectivity index (χ0v) is 17.5. The van der Waals surface area contributed by atoms with Crippen LogP contribution in [0.2, 0.25) is 0 Å². The predicted molar refractivity (Wildman–Crippen MR) is 79.5 cm³/mol. The van der Waals surface area contributed by atoms with Gasteiger partial charge in [-0.3, -0.25) is 0 Å². The van der Waals surface area contributed by atoms with Gasteiger partial charge in [-0.1, -0.05) is 21.6 Å². The van der Waals surface area contributed by atoms with Crippen LogP contribution < -0.4 is 0 Å². The van der Waals surface area contributed by atoms with Gasteiger partial charge in [0.15, 0.2) is 0 Å². The van der Waals surface area contributed by atoms with Crippen LogP contribution in [0.1, 0.15) is 16.7 Å². The molecular weight excluding hydrogens is 487 g/mol. The SMILES string of the molecule is Cc1cc2c(cc1C)-c1cc(O)c(C)cc1SS2.[Ac]. The second kappa shape index (κ2) is 6.02. The largest absolute Gasteiger partial charge is 0.508 e. The van der Waals surface area contributed by atoms with Crippen LogP contribution in [0.5, 0.6) is 5.75 Å². The summed E-state index contributed by atoms with van der Waals surface area (Å²) >= 11 is 0. The molecule has 2 aromatic carbocycles. The van der Waals surface area contributed by atoms with Crippen LogP contribution in [0.3, 0.4) is 0 Å². The molecule has 1 aliphatic heterocycles. The fourth-order valence-electron chi connectivity index (χ4n) is 2.11. The van der Waals surface area contributed by atoms with Gasteiger partial charge in [0.1, 0.15) is 5.75 Å². The summed E-state index contributed by atoms with van der Waals surface area (Å²) in [5, 5.41) is 9.91. The van der Waals surface area contributed by atoms with E-state index >= 15 is 0 Å². The van der Waals surface area contributed by atoms with E-state index in [1.807, 2.05) is 13.0 Å². The molecular formula is C15H14AcOS2. The Balaban J connectivity index is 0.00000133. The first-order valence-electron chi connectivity index (χ1n) is 5.86. The first kappa shape index (κ1) is 15.8. The summed E-state index contributed by atoms with van der Waals surface area (Å²) in [5.41, 5.74) is 5.95. The van der Waals surface area contributed by atoms with E-state index in [0.29, 0.717) is 5.75 Å². The Labute approximate surface area is 157 Å². The third-order valence-corrected chi connectivity index (χ3v) is 5.85. The van der Waals surface area contributed by atoms with Crippen LogP contribution >= 0.6 is 21.6 Å². The molecule has 0 spiro atoms. The van der Waals surface area contributed by atoms with E-state index in [1.165, 1.54) is 26.5 Å². The van der Waals surface area contributed by atoms with Gasteiger partial charge in [-0.05, 0) is 67.3 Å². The molecule has 0 fully saturated rings. The van der Waals surface area contributed by atoms with Crippen molar-refractivity contribution in [3.63, 3.8) is 0 Å². The zero-order valence-electron chi connectivity index (χ0n) is 11.2. The topological polar surface area (TPSA) is 20.2 Å². The Kier molecular flexibility index (Phi) is 4.99. The van der Waals surface area contributed by atoms with Gasteiger partial charge < -0.3 is 5.11 Å². The Morgan fingerprint density at radius 2 is 1.21 bits per heavy atom. The number of benzene rings is 2. The van der Waals surface area contributed by atoms with Gasteiger partial charge in [0.25, 0.3) is 0 Å². The molecule has 0 amide bonds. The molecule has 0 aliphatic carbocycles. The smallest absolute Gasteiger partial charge is 0.119 e. The molecule has 1 heterocycles. The normalized spacial score (nSPS) is 12.4. The number of phenolic OH excluding ortho intramolecular Hbond substituents is 1. The van der Waals surface area contributed by atoms with E-state index < -0.39 is 0 Å². The van der Waals surface area contributed by atoms with E-state index in [1.54, 1.807) is 21.6 Å². The summed E-state index contributed by atoms with van der Waals surface area (Å²) in [5.74, 6) is 0.380. The van der Waals surface area contributed by atoms with Gasteiger partial charge in [-0.25, -0.2) is 0 Å². The molecule has 0 unspecified atom stereocenters. The van der Waals surface area contributed by atoms with Crippen molar-refractivity contribution in [2.45, 2.75) is 30.6 Å². The Morgan fingerprint density at radius 1 is 0.737 bits per heavy atom. The van der Waals surface area contributed by atoms with Gasteiger partial charge in [0, 0.05) is 59.4 Å². The van der Waals surface area contributed by atoms with Crippen LogP contribution in [-0.2, 0) is 0 Å². The van der Waals surface area contributed by atoms with Gasteiger partial charge in [-0.15, -0.1) is 0 Å². The molecule has 95 valence electrons. The van der Waals surface area contributed by atoms with E-state index in [-0.39, 0.29) is 44.1 Å². The van der Waals surface area contributed by atoms with Crippen LogP contribution in [0.15, 0.2) is 34.1 Å². The average Bonchev–Trinajstić information content (AvgIpc) is 2.33. The van der Waals surface area contributed by atoms with Crippen molar-refractivity contribution in [3.8, 4) is 16.9 Å². The molecule has 1 nitrogen and oxygen atoms in total. The first-order chi connectivity index (χ1) is 8.56. The van der Waals surface area contributed by atoms with E-state index in [9.17, 15) is 5.11 Å². The zero-order chi connectivity index (χ0) is 12.9. The minimum atomic E-state index is 0. The molecule has 0 atom stereocenters. The minimum Gasteiger partial charge on any atom is -0.508 e. The molecule has 1 N–H and O–H groups in total. The molecule has 0 saturated carbocycles. The summed E-state index contributed by atoms with van der Waals surface area (Å²) in [6, 6.07) is 8.43. The van der Waals surface area contributed by atoms with Crippen molar-refractivity contribution >= 4 is 21.6 Å². The molecule has 0 bridgehead atoms. The summed E-state index contributed by atoms with van der Waals surface area (Å²) < 4.78 is 0. The monoisotopic (exact) mass is 501 g/mol. The number of phenols is 1. The van der Waals surface area contributed by atoms with Gasteiger partial charge in [-0.2, -0.15) is 0 Å². The van der Waals surface area contributed by atoms with Gasteiger partial charge in [0.05, 0.1) is 0 Å². The van der Waals surface area contributed by atoms with Gasteiger partial charge >= 0.3 is 0 Å². The molecule has 4 heteroatoms. The fraction of sp³-hybridized carbons (Fsp3) is 0.200. The Bertz CT molecular complexity index is 596. The maximum absolute atomic E-state index is 9.91. The standard InChI is InChI=1S/C15H14OS2.Ac/c1-8-4-11-12-7-13(16)10(3)6-15(12)18-17-14(11)5-9(8)2;/h4-7,16H,1-3H3;. The second-order valence-electron chi connectivity index (χ2n) is 4.73. The number of aryl methyl sites for hydroxylation is 3. The third-order valence-electron chi connectivity index (χ3n) is 3.41. The number of hydrogen-bond acceptors (Lipinski definition) is 3. The Morgan fingerprint density at radius 3 is 1.84 bits per heavy atom. The fourth-order valence-corrected chi connectivity index (χ4v) is 4.62. The van der Waals surface area contributed by atoms with E-state index in [0.717, 1.165) is 11.1 Å². The second-order valence-corrected chi connectivity index (χ2v) is 6.95. The van der Waals surface area contributed by atoms with E-state index in [2.05, 4.69) is 32.0 Å². The summed E-state index contributed by atoms with van der Waals surface area (Å²) in [6.45, 7) is 6.22. The molecule has 2 aromatic rings. The first-order valence-corrected chi connectivity index (χ1v) is 8.01. The number of aromatic hydroxyl groups is 1. The molecule has 0 saturated heterocycles. The van der Waals surface area contributed by atoms with Crippen LogP contribution in [0.25, 0.3) is 11.1 Å². The van der Waals surface area contributed by atoms with Crippen LogP contribution in [-0.4, -0.2) is 5.11 Å². The predicted octanol–water partition coefficient (Wildman–Crippen LogP) is 5.10. The average molecular weight is 501 g/mol. The number of hydrogen-bond donors (Lipinski definition) is 1. The van der Waals surface area contributed by atoms with E-state index in [4.69, 9.17) is 0 Å². The molecule has 1 radical (unpaired) electrons. The molecule has 3 rings (SSSR count). The minimum absolute atomic E-state index is 0.